The molecule has 0 aliphatic rings. The predicted octanol–water partition coefficient (Wildman–Crippen LogP) is 5.08. The number of carbonyl (C=O) groups is 1. The zero-order chi connectivity index (χ0) is 21.0. The molecule has 0 unspecified atom stereocenters. The third-order valence-electron chi connectivity index (χ3n) is 4.62. The molecule has 0 aliphatic heterocycles. The van der Waals surface area contributed by atoms with Crippen molar-refractivity contribution in [2.45, 2.75) is 23.6 Å². The number of thioether (sulfide) groups is 1. The van der Waals surface area contributed by atoms with Gasteiger partial charge in [-0.2, -0.15) is 0 Å². The van der Waals surface area contributed by atoms with Crippen LogP contribution in [0.1, 0.15) is 21.5 Å². The first-order valence-corrected chi connectivity index (χ1v) is 11.7. The average Bonchev–Trinajstić information content (AvgIpc) is 2.71. The first-order chi connectivity index (χ1) is 13.8. The van der Waals surface area contributed by atoms with Gasteiger partial charge in [-0.3, -0.25) is 9.52 Å². The molecule has 3 aromatic carbocycles. The molecule has 0 bridgehead atoms. The number of aryl methyl sites for hydroxylation is 1. The van der Waals surface area contributed by atoms with E-state index in [0.29, 0.717) is 11.3 Å². The minimum Gasteiger partial charge on any atom is -0.322 e. The minimum absolute atomic E-state index is 0.187. The second-order valence-corrected chi connectivity index (χ2v) is 9.12. The summed E-state index contributed by atoms with van der Waals surface area (Å²) in [5.41, 5.74) is 3.70. The maximum absolute atomic E-state index is 12.5. The molecule has 0 saturated carbocycles. The summed E-state index contributed by atoms with van der Waals surface area (Å²) in [6.45, 7) is 3.94. The van der Waals surface area contributed by atoms with E-state index in [1.807, 2.05) is 38.3 Å². The fourth-order valence-corrected chi connectivity index (χ4v) is 4.21. The lowest BCUT2D eigenvalue weighted by molar-refractivity contribution is 0.102. The third-order valence-corrected chi connectivity index (χ3v) is 6.76. The van der Waals surface area contributed by atoms with Gasteiger partial charge in [0, 0.05) is 21.8 Å². The van der Waals surface area contributed by atoms with E-state index >= 15 is 0 Å². The van der Waals surface area contributed by atoms with Gasteiger partial charge in [0.1, 0.15) is 0 Å². The number of sulfonamides is 1. The maximum Gasteiger partial charge on any atom is 0.261 e. The molecule has 29 heavy (non-hydrogen) atoms. The summed E-state index contributed by atoms with van der Waals surface area (Å²) in [6.07, 6.45) is 1.93. The highest BCUT2D eigenvalue weighted by Crippen LogP contribution is 2.22. The highest BCUT2D eigenvalue weighted by atomic mass is 32.2. The Labute approximate surface area is 175 Å². The second kappa shape index (κ2) is 8.71. The van der Waals surface area contributed by atoms with Crippen LogP contribution in [0.15, 0.2) is 76.5 Å². The molecule has 2 N–H and O–H groups in total. The first kappa shape index (κ1) is 21.0. The SMILES string of the molecule is CSc1ccc(S(=O)(=O)Nc2ccc(C(=O)Nc3cccc(C)c3C)cc2)cc1. The Bertz CT molecular complexity index is 1120. The lowest BCUT2D eigenvalue weighted by atomic mass is 10.1. The topological polar surface area (TPSA) is 75.3 Å². The number of anilines is 2. The monoisotopic (exact) mass is 426 g/mol. The fourth-order valence-electron chi connectivity index (χ4n) is 2.74. The van der Waals surface area contributed by atoms with E-state index in [4.69, 9.17) is 0 Å². The fraction of sp³-hybridized carbons (Fsp3) is 0.136. The summed E-state index contributed by atoms with van der Waals surface area (Å²) >= 11 is 1.55. The van der Waals surface area contributed by atoms with Crippen LogP contribution in [0.2, 0.25) is 0 Å². The Morgan fingerprint density at radius 2 is 1.55 bits per heavy atom. The molecule has 0 atom stereocenters. The van der Waals surface area contributed by atoms with Crippen LogP contribution in [0.3, 0.4) is 0 Å². The van der Waals surface area contributed by atoms with Crippen molar-refractivity contribution < 1.29 is 13.2 Å². The molecule has 0 heterocycles. The van der Waals surface area contributed by atoms with Gasteiger partial charge in [-0.1, -0.05) is 12.1 Å². The molecule has 1 amide bonds. The van der Waals surface area contributed by atoms with Gasteiger partial charge in [-0.15, -0.1) is 11.8 Å². The molecule has 150 valence electrons. The smallest absolute Gasteiger partial charge is 0.261 e. The van der Waals surface area contributed by atoms with Gasteiger partial charge in [0.2, 0.25) is 0 Å². The quantitative estimate of drug-likeness (QED) is 0.539. The van der Waals surface area contributed by atoms with E-state index in [-0.39, 0.29) is 10.8 Å². The van der Waals surface area contributed by atoms with Crippen molar-refractivity contribution in [3.05, 3.63) is 83.4 Å². The minimum atomic E-state index is -3.69. The normalized spacial score (nSPS) is 11.1. The zero-order valence-electron chi connectivity index (χ0n) is 16.4. The number of rotatable bonds is 6. The van der Waals surface area contributed by atoms with Crippen LogP contribution in [-0.2, 0) is 10.0 Å². The van der Waals surface area contributed by atoms with Crippen LogP contribution in [-0.4, -0.2) is 20.6 Å². The van der Waals surface area contributed by atoms with Crippen molar-refractivity contribution in [1.29, 1.82) is 0 Å². The molecule has 3 rings (SSSR count). The molecule has 0 fully saturated rings. The van der Waals surface area contributed by atoms with Crippen molar-refractivity contribution in [2.24, 2.45) is 0 Å². The van der Waals surface area contributed by atoms with Crippen LogP contribution < -0.4 is 10.0 Å². The molecular formula is C22H22N2O3S2. The van der Waals surface area contributed by atoms with E-state index in [1.54, 1.807) is 60.3 Å². The number of hydrogen-bond acceptors (Lipinski definition) is 4. The summed E-state index contributed by atoms with van der Waals surface area (Å²) < 4.78 is 27.6. The zero-order valence-corrected chi connectivity index (χ0v) is 18.0. The summed E-state index contributed by atoms with van der Waals surface area (Å²) in [7, 11) is -3.69. The molecule has 0 spiro atoms. The van der Waals surface area contributed by atoms with Crippen LogP contribution >= 0.6 is 11.8 Å². The summed E-state index contributed by atoms with van der Waals surface area (Å²) in [5.74, 6) is -0.249. The molecule has 3 aromatic rings. The second-order valence-electron chi connectivity index (χ2n) is 6.56. The van der Waals surface area contributed by atoms with E-state index in [9.17, 15) is 13.2 Å². The summed E-state index contributed by atoms with van der Waals surface area (Å²) in [5, 5.41) is 2.89. The molecule has 7 heteroatoms. The molecular weight excluding hydrogens is 404 g/mol. The van der Waals surface area contributed by atoms with Crippen molar-refractivity contribution in [3.8, 4) is 0 Å². The number of hydrogen-bond donors (Lipinski definition) is 2. The van der Waals surface area contributed by atoms with Crippen molar-refractivity contribution in [2.75, 3.05) is 16.3 Å². The van der Waals surface area contributed by atoms with E-state index in [1.165, 1.54) is 0 Å². The van der Waals surface area contributed by atoms with Gasteiger partial charge < -0.3 is 5.32 Å². The van der Waals surface area contributed by atoms with E-state index < -0.39 is 10.0 Å². The Hall–Kier alpha value is -2.77. The number of nitrogens with one attached hydrogen (secondary N) is 2. The maximum atomic E-state index is 12.5. The first-order valence-electron chi connectivity index (χ1n) is 8.94. The third kappa shape index (κ3) is 4.99. The van der Waals surface area contributed by atoms with Crippen molar-refractivity contribution >= 4 is 39.1 Å². The van der Waals surface area contributed by atoms with Gasteiger partial charge in [0.05, 0.1) is 4.90 Å². The lowest BCUT2D eigenvalue weighted by Crippen LogP contribution is -2.14. The largest absolute Gasteiger partial charge is 0.322 e. The Balaban J connectivity index is 1.72. The Morgan fingerprint density at radius 3 is 2.17 bits per heavy atom. The lowest BCUT2D eigenvalue weighted by Gasteiger charge is -2.11. The Morgan fingerprint density at radius 1 is 0.897 bits per heavy atom. The van der Waals surface area contributed by atoms with Gasteiger partial charge in [0.15, 0.2) is 0 Å². The number of amides is 1. The highest BCUT2D eigenvalue weighted by Gasteiger charge is 2.15. The van der Waals surface area contributed by atoms with E-state index in [0.717, 1.165) is 21.7 Å². The van der Waals surface area contributed by atoms with Gasteiger partial charge in [-0.25, -0.2) is 8.42 Å². The summed E-state index contributed by atoms with van der Waals surface area (Å²) in [6, 6.07) is 18.7. The summed E-state index contributed by atoms with van der Waals surface area (Å²) in [4.78, 5) is 13.7. The van der Waals surface area contributed by atoms with E-state index in [2.05, 4.69) is 10.0 Å². The van der Waals surface area contributed by atoms with Gasteiger partial charge >= 0.3 is 0 Å². The van der Waals surface area contributed by atoms with Crippen LogP contribution in [0, 0.1) is 13.8 Å². The molecule has 0 aromatic heterocycles. The molecule has 5 nitrogen and oxygen atoms in total. The standard InChI is InChI=1S/C22H22N2O3S2/c1-15-5-4-6-21(16(15)2)23-22(25)17-7-9-18(10-8-17)24-29(26,27)20-13-11-19(28-3)12-14-20/h4-14,24H,1-3H3,(H,23,25). The van der Waals surface area contributed by atoms with Crippen LogP contribution in [0.4, 0.5) is 11.4 Å². The highest BCUT2D eigenvalue weighted by molar-refractivity contribution is 7.98. The number of carbonyl (C=O) groups excluding carboxylic acids is 1. The average molecular weight is 427 g/mol. The molecule has 0 radical (unpaired) electrons. The van der Waals surface area contributed by atoms with Gasteiger partial charge in [0.25, 0.3) is 15.9 Å². The van der Waals surface area contributed by atoms with Crippen LogP contribution in [0.25, 0.3) is 0 Å². The van der Waals surface area contributed by atoms with Crippen LogP contribution in [0.5, 0.6) is 0 Å². The Kier molecular flexibility index (Phi) is 6.30. The number of benzene rings is 3. The predicted molar refractivity (Wildman–Crippen MR) is 119 cm³/mol. The van der Waals surface area contributed by atoms with Crippen molar-refractivity contribution in [1.82, 2.24) is 0 Å². The van der Waals surface area contributed by atoms with Gasteiger partial charge in [-0.05, 0) is 85.8 Å². The molecule has 0 aliphatic carbocycles. The van der Waals surface area contributed by atoms with Crippen molar-refractivity contribution in [3.63, 3.8) is 0 Å². The molecule has 0 saturated heterocycles.